The van der Waals surface area contributed by atoms with Crippen LogP contribution >= 0.6 is 11.6 Å². The SMILES string of the molecule is CC1C(=O)NCCN1C(=O)c1cccc(Cl)n1. The number of rotatable bonds is 1. The molecule has 0 bridgehead atoms. The van der Waals surface area contributed by atoms with Crippen LogP contribution in [-0.2, 0) is 4.79 Å². The van der Waals surface area contributed by atoms with Crippen molar-refractivity contribution in [3.05, 3.63) is 29.0 Å². The van der Waals surface area contributed by atoms with Crippen LogP contribution in [0.15, 0.2) is 18.2 Å². The van der Waals surface area contributed by atoms with Gasteiger partial charge in [0.15, 0.2) is 0 Å². The van der Waals surface area contributed by atoms with Gasteiger partial charge in [-0.1, -0.05) is 17.7 Å². The van der Waals surface area contributed by atoms with Crippen LogP contribution in [0.4, 0.5) is 0 Å². The van der Waals surface area contributed by atoms with Gasteiger partial charge in [-0.15, -0.1) is 0 Å². The van der Waals surface area contributed by atoms with E-state index in [1.165, 1.54) is 4.90 Å². The standard InChI is InChI=1S/C11H12ClN3O2/c1-7-10(16)13-5-6-15(7)11(17)8-3-2-4-9(12)14-8/h2-4,7H,5-6H2,1H3,(H,13,16). The Morgan fingerprint density at radius 1 is 1.59 bits per heavy atom. The second-order valence-corrected chi connectivity index (χ2v) is 4.20. The molecular formula is C11H12ClN3O2. The maximum atomic E-state index is 12.1. The van der Waals surface area contributed by atoms with Crippen LogP contribution in [0.1, 0.15) is 17.4 Å². The molecule has 0 aromatic carbocycles. The van der Waals surface area contributed by atoms with Crippen molar-refractivity contribution in [3.8, 4) is 0 Å². The van der Waals surface area contributed by atoms with E-state index in [-0.39, 0.29) is 22.7 Å². The second kappa shape index (κ2) is 4.71. The van der Waals surface area contributed by atoms with Gasteiger partial charge in [0, 0.05) is 13.1 Å². The molecule has 0 saturated carbocycles. The van der Waals surface area contributed by atoms with Crippen molar-refractivity contribution < 1.29 is 9.59 Å². The van der Waals surface area contributed by atoms with Crippen molar-refractivity contribution in [1.29, 1.82) is 0 Å². The van der Waals surface area contributed by atoms with E-state index in [4.69, 9.17) is 11.6 Å². The van der Waals surface area contributed by atoms with E-state index in [9.17, 15) is 9.59 Å². The highest BCUT2D eigenvalue weighted by atomic mass is 35.5. The molecule has 5 nitrogen and oxygen atoms in total. The third-order valence-corrected chi connectivity index (χ3v) is 2.90. The molecule has 90 valence electrons. The molecule has 2 amide bonds. The minimum atomic E-state index is -0.475. The lowest BCUT2D eigenvalue weighted by Gasteiger charge is -2.32. The summed E-state index contributed by atoms with van der Waals surface area (Å²) in [6.07, 6.45) is 0. The number of pyridine rings is 1. The van der Waals surface area contributed by atoms with Crippen LogP contribution in [0, 0.1) is 0 Å². The molecule has 1 aromatic rings. The van der Waals surface area contributed by atoms with Gasteiger partial charge < -0.3 is 10.2 Å². The largest absolute Gasteiger partial charge is 0.353 e. The lowest BCUT2D eigenvalue weighted by atomic mass is 10.2. The Morgan fingerprint density at radius 2 is 2.35 bits per heavy atom. The zero-order valence-corrected chi connectivity index (χ0v) is 10.1. The minimum absolute atomic E-state index is 0.147. The first kappa shape index (κ1) is 11.9. The summed E-state index contributed by atoms with van der Waals surface area (Å²) in [7, 11) is 0. The molecule has 1 aliphatic heterocycles. The predicted molar refractivity (Wildman–Crippen MR) is 62.8 cm³/mol. The smallest absolute Gasteiger partial charge is 0.273 e. The summed E-state index contributed by atoms with van der Waals surface area (Å²) < 4.78 is 0. The highest BCUT2D eigenvalue weighted by Crippen LogP contribution is 2.11. The Labute approximate surface area is 104 Å². The molecular weight excluding hydrogens is 242 g/mol. The monoisotopic (exact) mass is 253 g/mol. The number of nitrogens with zero attached hydrogens (tertiary/aromatic N) is 2. The maximum absolute atomic E-state index is 12.1. The molecule has 1 aliphatic rings. The summed E-state index contributed by atoms with van der Waals surface area (Å²) in [4.78, 5) is 29.0. The third-order valence-electron chi connectivity index (χ3n) is 2.69. The summed E-state index contributed by atoms with van der Waals surface area (Å²) >= 11 is 5.73. The molecule has 2 heterocycles. The van der Waals surface area contributed by atoms with E-state index in [1.54, 1.807) is 25.1 Å². The van der Waals surface area contributed by atoms with Gasteiger partial charge in [-0.2, -0.15) is 0 Å². The average Bonchev–Trinajstić information content (AvgIpc) is 2.32. The fourth-order valence-electron chi connectivity index (χ4n) is 1.73. The van der Waals surface area contributed by atoms with Gasteiger partial charge in [0.2, 0.25) is 5.91 Å². The number of hydrogen-bond acceptors (Lipinski definition) is 3. The molecule has 1 N–H and O–H groups in total. The third kappa shape index (κ3) is 2.39. The Morgan fingerprint density at radius 3 is 3.06 bits per heavy atom. The van der Waals surface area contributed by atoms with Gasteiger partial charge in [-0.05, 0) is 19.1 Å². The predicted octanol–water partition coefficient (Wildman–Crippen LogP) is 0.695. The lowest BCUT2D eigenvalue weighted by Crippen LogP contribution is -2.55. The fourth-order valence-corrected chi connectivity index (χ4v) is 1.90. The first-order valence-electron chi connectivity index (χ1n) is 5.31. The summed E-state index contributed by atoms with van der Waals surface area (Å²) in [6.45, 7) is 2.65. The molecule has 6 heteroatoms. The molecule has 1 atom stereocenters. The topological polar surface area (TPSA) is 62.3 Å². The van der Waals surface area contributed by atoms with Crippen molar-refractivity contribution in [2.24, 2.45) is 0 Å². The Bertz CT molecular complexity index is 464. The van der Waals surface area contributed by atoms with Crippen molar-refractivity contribution in [2.45, 2.75) is 13.0 Å². The molecule has 1 aromatic heterocycles. The summed E-state index contributed by atoms with van der Waals surface area (Å²) in [6, 6.07) is 4.38. The van der Waals surface area contributed by atoms with Crippen LogP contribution in [0.3, 0.4) is 0 Å². The van der Waals surface area contributed by atoms with E-state index in [2.05, 4.69) is 10.3 Å². The molecule has 1 fully saturated rings. The second-order valence-electron chi connectivity index (χ2n) is 3.81. The molecule has 17 heavy (non-hydrogen) atoms. The number of aromatic nitrogens is 1. The van der Waals surface area contributed by atoms with Crippen molar-refractivity contribution in [2.75, 3.05) is 13.1 Å². The van der Waals surface area contributed by atoms with Gasteiger partial charge in [-0.3, -0.25) is 9.59 Å². The molecule has 2 rings (SSSR count). The Balaban J connectivity index is 2.22. The number of carbonyl (C=O) groups excluding carboxylic acids is 2. The highest BCUT2D eigenvalue weighted by molar-refractivity contribution is 6.29. The zero-order valence-electron chi connectivity index (χ0n) is 9.31. The zero-order chi connectivity index (χ0) is 12.4. The van der Waals surface area contributed by atoms with E-state index < -0.39 is 6.04 Å². The number of carbonyl (C=O) groups is 2. The van der Waals surface area contributed by atoms with Gasteiger partial charge in [-0.25, -0.2) is 4.98 Å². The van der Waals surface area contributed by atoms with Crippen LogP contribution in [0.2, 0.25) is 5.15 Å². The van der Waals surface area contributed by atoms with E-state index >= 15 is 0 Å². The van der Waals surface area contributed by atoms with E-state index in [0.717, 1.165) is 0 Å². The number of hydrogen-bond donors (Lipinski definition) is 1. The van der Waals surface area contributed by atoms with Crippen LogP contribution in [0.25, 0.3) is 0 Å². The number of nitrogens with one attached hydrogen (secondary N) is 1. The molecule has 0 radical (unpaired) electrons. The Hall–Kier alpha value is -1.62. The van der Waals surface area contributed by atoms with Gasteiger partial charge in [0.25, 0.3) is 5.91 Å². The van der Waals surface area contributed by atoms with Crippen molar-refractivity contribution in [3.63, 3.8) is 0 Å². The fraction of sp³-hybridized carbons (Fsp3) is 0.364. The molecule has 0 spiro atoms. The highest BCUT2D eigenvalue weighted by Gasteiger charge is 2.30. The summed E-state index contributed by atoms with van der Waals surface area (Å²) in [5.41, 5.74) is 0.263. The number of amides is 2. The first-order valence-corrected chi connectivity index (χ1v) is 5.68. The summed E-state index contributed by atoms with van der Waals surface area (Å²) in [5.74, 6) is -0.415. The normalized spacial score (nSPS) is 20.0. The summed E-state index contributed by atoms with van der Waals surface area (Å²) in [5, 5.41) is 2.97. The van der Waals surface area contributed by atoms with Crippen LogP contribution in [0.5, 0.6) is 0 Å². The molecule has 1 saturated heterocycles. The van der Waals surface area contributed by atoms with Gasteiger partial charge in [0.1, 0.15) is 16.9 Å². The van der Waals surface area contributed by atoms with E-state index in [1.807, 2.05) is 0 Å². The van der Waals surface area contributed by atoms with E-state index in [0.29, 0.717) is 13.1 Å². The Kier molecular flexibility index (Phi) is 3.28. The average molecular weight is 254 g/mol. The lowest BCUT2D eigenvalue weighted by molar-refractivity contribution is -0.127. The van der Waals surface area contributed by atoms with Crippen molar-refractivity contribution in [1.82, 2.24) is 15.2 Å². The number of halogens is 1. The minimum Gasteiger partial charge on any atom is -0.353 e. The van der Waals surface area contributed by atoms with Crippen LogP contribution < -0.4 is 5.32 Å². The molecule has 0 aliphatic carbocycles. The number of piperazine rings is 1. The molecule has 1 unspecified atom stereocenters. The quantitative estimate of drug-likeness (QED) is 0.750. The van der Waals surface area contributed by atoms with Gasteiger partial charge in [0.05, 0.1) is 0 Å². The van der Waals surface area contributed by atoms with Crippen molar-refractivity contribution >= 4 is 23.4 Å². The van der Waals surface area contributed by atoms with Crippen LogP contribution in [-0.4, -0.2) is 40.8 Å². The van der Waals surface area contributed by atoms with Gasteiger partial charge >= 0.3 is 0 Å². The maximum Gasteiger partial charge on any atom is 0.273 e. The first-order chi connectivity index (χ1) is 8.09.